The Morgan fingerprint density at radius 2 is 1.93 bits per heavy atom. The summed E-state index contributed by atoms with van der Waals surface area (Å²) in [5, 5.41) is 8.80. The Balaban J connectivity index is 1.69. The summed E-state index contributed by atoms with van der Waals surface area (Å²) in [4.78, 5) is 21.2. The van der Waals surface area contributed by atoms with Gasteiger partial charge in [0.05, 0.1) is 22.3 Å². The molecular weight excluding hydrogens is 398 g/mol. The Morgan fingerprint density at radius 3 is 2.73 bits per heavy atom. The molecule has 1 aliphatic carbocycles. The second kappa shape index (κ2) is 6.71. The van der Waals surface area contributed by atoms with E-state index in [9.17, 15) is 4.79 Å². The monoisotopic (exact) mass is 419 g/mol. The molecule has 0 unspecified atom stereocenters. The summed E-state index contributed by atoms with van der Waals surface area (Å²) in [6, 6.07) is 13.5. The Bertz CT molecular complexity index is 1270. The van der Waals surface area contributed by atoms with Crippen molar-refractivity contribution in [3.8, 4) is 5.95 Å². The van der Waals surface area contributed by atoms with Crippen molar-refractivity contribution in [1.29, 1.82) is 0 Å². The Hall–Kier alpha value is -3.12. The maximum absolute atomic E-state index is 13.1. The number of hydrogen-bond acceptors (Lipinski definition) is 4. The van der Waals surface area contributed by atoms with E-state index in [0.29, 0.717) is 28.8 Å². The predicted molar refractivity (Wildman–Crippen MR) is 119 cm³/mol. The highest BCUT2D eigenvalue weighted by Crippen LogP contribution is 2.39. The van der Waals surface area contributed by atoms with Crippen LogP contribution in [0.2, 0.25) is 5.02 Å². The van der Waals surface area contributed by atoms with Crippen molar-refractivity contribution in [2.45, 2.75) is 33.6 Å². The molecule has 2 heterocycles. The largest absolute Gasteiger partial charge is 0.338 e. The summed E-state index contributed by atoms with van der Waals surface area (Å²) in [5.41, 5.74) is 4.90. The van der Waals surface area contributed by atoms with E-state index in [0.717, 1.165) is 34.4 Å². The first kappa shape index (κ1) is 18.9. The van der Waals surface area contributed by atoms with E-state index in [4.69, 9.17) is 21.7 Å². The van der Waals surface area contributed by atoms with Crippen molar-refractivity contribution in [3.63, 3.8) is 0 Å². The molecule has 0 aliphatic heterocycles. The van der Waals surface area contributed by atoms with Crippen molar-refractivity contribution in [2.24, 2.45) is 5.41 Å². The predicted octanol–water partition coefficient (Wildman–Crippen LogP) is 5.61. The molecule has 0 amide bonds. The zero-order chi connectivity index (χ0) is 21.0. The molecule has 2 aromatic heterocycles. The van der Waals surface area contributed by atoms with Gasteiger partial charge in [0.25, 0.3) is 0 Å². The molecular formula is C23H22ClN5O. The van der Waals surface area contributed by atoms with E-state index < -0.39 is 0 Å². The molecule has 0 atom stereocenters. The molecule has 0 saturated heterocycles. The minimum absolute atomic E-state index is 0.0887. The number of benzene rings is 2. The quantitative estimate of drug-likeness (QED) is 0.452. The molecule has 0 saturated carbocycles. The van der Waals surface area contributed by atoms with Crippen LogP contribution in [0.4, 0.5) is 11.5 Å². The van der Waals surface area contributed by atoms with Crippen molar-refractivity contribution < 1.29 is 4.79 Å². The third-order valence-electron chi connectivity index (χ3n) is 5.64. The number of Topliss-reactive ketones (excluding diaryl/α,β-unsaturated/α-hetero) is 1. The van der Waals surface area contributed by atoms with Crippen LogP contribution in [0.15, 0.2) is 42.5 Å². The zero-order valence-corrected chi connectivity index (χ0v) is 17.8. The summed E-state index contributed by atoms with van der Waals surface area (Å²) >= 11 is 6.29. The number of carbonyl (C=O) groups excluding carboxylic acids is 1. The summed E-state index contributed by atoms with van der Waals surface area (Å²) in [7, 11) is 0. The number of fused-ring (bicyclic) bond motifs is 2. The number of nitrogens with zero attached hydrogens (tertiary/aromatic N) is 3. The number of imidazole rings is 1. The second-order valence-electron chi connectivity index (χ2n) is 8.64. The number of aromatic nitrogens is 4. The lowest BCUT2D eigenvalue weighted by Crippen LogP contribution is -2.28. The van der Waals surface area contributed by atoms with Gasteiger partial charge < -0.3 is 10.3 Å². The van der Waals surface area contributed by atoms with Gasteiger partial charge in [-0.15, -0.1) is 5.10 Å². The molecule has 0 spiro atoms. The maximum Gasteiger partial charge on any atom is 0.229 e. The fraction of sp³-hybridized carbons (Fsp3) is 0.261. The smallest absolute Gasteiger partial charge is 0.229 e. The van der Waals surface area contributed by atoms with E-state index in [1.165, 1.54) is 0 Å². The minimum Gasteiger partial charge on any atom is -0.338 e. The molecule has 5 rings (SSSR count). The molecule has 2 N–H and O–H groups in total. The Morgan fingerprint density at radius 1 is 1.13 bits per heavy atom. The number of ketones is 1. The topological polar surface area (TPSA) is 75.6 Å². The summed E-state index contributed by atoms with van der Waals surface area (Å²) < 4.78 is 1.77. The number of para-hydroxylation sites is 2. The van der Waals surface area contributed by atoms with Crippen LogP contribution in [-0.2, 0) is 6.42 Å². The van der Waals surface area contributed by atoms with Gasteiger partial charge in [0.2, 0.25) is 5.95 Å². The van der Waals surface area contributed by atoms with Gasteiger partial charge in [-0.2, -0.15) is 0 Å². The van der Waals surface area contributed by atoms with Crippen LogP contribution >= 0.6 is 11.6 Å². The molecule has 7 heteroatoms. The first-order valence-electron chi connectivity index (χ1n) is 9.95. The van der Waals surface area contributed by atoms with Gasteiger partial charge >= 0.3 is 0 Å². The normalized spacial score (nSPS) is 15.4. The number of halogens is 1. The number of carbonyl (C=O) groups is 1. The Labute approximate surface area is 179 Å². The van der Waals surface area contributed by atoms with E-state index in [-0.39, 0.29) is 11.2 Å². The van der Waals surface area contributed by atoms with Gasteiger partial charge in [0, 0.05) is 17.1 Å². The zero-order valence-electron chi connectivity index (χ0n) is 17.1. The Kier molecular flexibility index (Phi) is 4.22. The highest BCUT2D eigenvalue weighted by molar-refractivity contribution is 6.31. The maximum atomic E-state index is 13.1. The fourth-order valence-corrected chi connectivity index (χ4v) is 4.30. The number of anilines is 2. The third-order valence-corrected chi connectivity index (χ3v) is 6.05. The second-order valence-corrected chi connectivity index (χ2v) is 9.05. The lowest BCUT2D eigenvalue weighted by atomic mass is 9.76. The average Bonchev–Trinajstić information content (AvgIpc) is 3.26. The molecule has 4 aromatic rings. The van der Waals surface area contributed by atoms with Gasteiger partial charge in [0.15, 0.2) is 11.6 Å². The van der Waals surface area contributed by atoms with Crippen molar-refractivity contribution in [1.82, 2.24) is 19.7 Å². The van der Waals surface area contributed by atoms with Gasteiger partial charge in [-0.1, -0.05) is 43.6 Å². The fourth-order valence-electron chi connectivity index (χ4n) is 4.12. The SMILES string of the molecule is Cc1c(Cl)cccc1Nc1nn(-c2nc3ccccc3[nH]2)c2c1C(=O)CC(C)(C)C2. The van der Waals surface area contributed by atoms with Gasteiger partial charge in [-0.05, 0) is 48.6 Å². The van der Waals surface area contributed by atoms with Crippen LogP contribution in [0.3, 0.4) is 0 Å². The standard InChI is InChI=1S/C23H22ClN5O/c1-13-14(24)7-6-10-15(13)25-21-20-18(11-23(2,3)12-19(20)30)29(28-21)22-26-16-8-4-5-9-17(16)27-22/h4-10H,11-12H2,1-3H3,(H,25,28)(H,26,27). The van der Waals surface area contributed by atoms with Crippen molar-refractivity contribution >= 4 is 39.9 Å². The average molecular weight is 420 g/mol. The summed E-state index contributed by atoms with van der Waals surface area (Å²) in [5.74, 6) is 1.23. The third kappa shape index (κ3) is 3.08. The number of hydrogen-bond donors (Lipinski definition) is 2. The number of nitrogens with one attached hydrogen (secondary N) is 2. The molecule has 6 nitrogen and oxygen atoms in total. The van der Waals surface area contributed by atoms with Crippen molar-refractivity contribution in [3.05, 3.63) is 64.3 Å². The number of aromatic amines is 1. The van der Waals surface area contributed by atoms with E-state index >= 15 is 0 Å². The van der Waals surface area contributed by atoms with Crippen LogP contribution in [0.25, 0.3) is 17.0 Å². The van der Waals surface area contributed by atoms with Crippen molar-refractivity contribution in [2.75, 3.05) is 5.32 Å². The first-order valence-corrected chi connectivity index (χ1v) is 10.3. The number of H-pyrrole nitrogens is 1. The lowest BCUT2D eigenvalue weighted by molar-refractivity contribution is 0.0911. The van der Waals surface area contributed by atoms with Crippen LogP contribution in [-0.4, -0.2) is 25.5 Å². The van der Waals surface area contributed by atoms with Gasteiger partial charge in [-0.3, -0.25) is 4.79 Å². The molecule has 30 heavy (non-hydrogen) atoms. The number of rotatable bonds is 3. The lowest BCUT2D eigenvalue weighted by Gasteiger charge is -2.28. The van der Waals surface area contributed by atoms with E-state index in [2.05, 4.69) is 24.1 Å². The first-order chi connectivity index (χ1) is 14.3. The molecule has 0 fully saturated rings. The molecule has 1 aliphatic rings. The van der Waals surface area contributed by atoms with E-state index in [1.54, 1.807) is 4.68 Å². The molecule has 152 valence electrons. The van der Waals surface area contributed by atoms with Gasteiger partial charge in [0.1, 0.15) is 0 Å². The van der Waals surface area contributed by atoms with Crippen LogP contribution in [0.1, 0.15) is 41.9 Å². The van der Waals surface area contributed by atoms with E-state index in [1.807, 2.05) is 49.4 Å². The highest BCUT2D eigenvalue weighted by atomic mass is 35.5. The molecule has 0 bridgehead atoms. The highest BCUT2D eigenvalue weighted by Gasteiger charge is 2.37. The molecule has 0 radical (unpaired) electrons. The van der Waals surface area contributed by atoms with Crippen LogP contribution in [0.5, 0.6) is 0 Å². The van der Waals surface area contributed by atoms with Crippen LogP contribution in [0, 0.1) is 12.3 Å². The minimum atomic E-state index is -0.142. The summed E-state index contributed by atoms with van der Waals surface area (Å²) in [6.07, 6.45) is 1.21. The van der Waals surface area contributed by atoms with Crippen LogP contribution < -0.4 is 5.32 Å². The molecule has 2 aromatic carbocycles. The summed E-state index contributed by atoms with van der Waals surface area (Å²) in [6.45, 7) is 6.16. The van der Waals surface area contributed by atoms with Gasteiger partial charge in [-0.25, -0.2) is 9.67 Å².